The van der Waals surface area contributed by atoms with Crippen molar-refractivity contribution in [2.24, 2.45) is 0 Å². The fraction of sp³-hybridized carbons (Fsp3) is 0.469. The molecule has 0 saturated heterocycles. The third-order valence-corrected chi connectivity index (χ3v) is 16.0. The molecule has 2 aliphatic heterocycles. The second kappa shape index (κ2) is 28.9. The van der Waals surface area contributed by atoms with Gasteiger partial charge in [-0.15, -0.1) is 0 Å². The SMILES string of the molecule is CN1Cc2c(Cl)cc(Cl)cc2[C@H](c2ccc(S(=O)(=O)NCCOCOCCNC(=O)NCCCCNC(=O)NCCOCCOCCNS(=O)(=O)c3cccc([C@@H]4CN(C)Cc5c(Cl)cc(Cl)cc54)c3)cc2)C1. The van der Waals surface area contributed by atoms with Crippen LogP contribution in [0.3, 0.4) is 0 Å². The van der Waals surface area contributed by atoms with E-state index in [4.69, 9.17) is 65.4 Å². The molecular weight excluding hydrogens is 1070 g/mol. The summed E-state index contributed by atoms with van der Waals surface area (Å²) in [6.45, 7) is 5.41. The van der Waals surface area contributed by atoms with Crippen molar-refractivity contribution >= 4 is 78.5 Å². The molecule has 400 valence electrons. The van der Waals surface area contributed by atoms with Gasteiger partial charge in [0.05, 0.1) is 49.4 Å². The van der Waals surface area contributed by atoms with Crippen LogP contribution in [0.15, 0.2) is 82.6 Å². The van der Waals surface area contributed by atoms with E-state index in [1.54, 1.807) is 42.5 Å². The number of carbonyl (C=O) groups excluding carboxylic acids is 2. The van der Waals surface area contributed by atoms with Gasteiger partial charge in [-0.1, -0.05) is 70.7 Å². The molecule has 0 radical (unpaired) electrons. The van der Waals surface area contributed by atoms with Crippen LogP contribution in [0.1, 0.15) is 58.1 Å². The Balaban J connectivity index is 0.708. The van der Waals surface area contributed by atoms with Crippen molar-refractivity contribution in [2.75, 3.05) is 113 Å². The number of ether oxygens (including phenoxy) is 4. The molecule has 2 atom stereocenters. The van der Waals surface area contributed by atoms with Gasteiger partial charge in [-0.05, 0) is 109 Å². The number of carbonyl (C=O) groups is 2. The number of nitrogens with zero attached hydrogens (tertiary/aromatic N) is 2. The topological polar surface area (TPSA) is 218 Å². The quantitative estimate of drug-likeness (QED) is 0.0281. The predicted octanol–water partition coefficient (Wildman–Crippen LogP) is 6.11. The van der Waals surface area contributed by atoms with Crippen LogP contribution in [0.2, 0.25) is 20.1 Å². The minimum Gasteiger partial charge on any atom is -0.378 e. The number of amides is 4. The van der Waals surface area contributed by atoms with E-state index in [9.17, 15) is 26.4 Å². The lowest BCUT2D eigenvalue weighted by atomic mass is 9.85. The number of hydrogen-bond acceptors (Lipinski definition) is 12. The highest BCUT2D eigenvalue weighted by Crippen LogP contribution is 2.40. The Morgan fingerprint density at radius 2 is 0.986 bits per heavy atom. The van der Waals surface area contributed by atoms with Gasteiger partial charge < -0.3 is 50.0 Å². The third-order valence-electron chi connectivity index (χ3n) is 12.0. The van der Waals surface area contributed by atoms with E-state index >= 15 is 0 Å². The van der Waals surface area contributed by atoms with Gasteiger partial charge in [0.25, 0.3) is 0 Å². The van der Waals surface area contributed by atoms with E-state index in [2.05, 4.69) is 40.5 Å². The molecule has 0 saturated carbocycles. The summed E-state index contributed by atoms with van der Waals surface area (Å²) >= 11 is 25.6. The van der Waals surface area contributed by atoms with Crippen molar-refractivity contribution in [1.82, 2.24) is 40.5 Å². The molecule has 0 spiro atoms. The van der Waals surface area contributed by atoms with Crippen molar-refractivity contribution in [3.8, 4) is 0 Å². The molecule has 2 aliphatic rings. The second-order valence-electron chi connectivity index (χ2n) is 17.6. The second-order valence-corrected chi connectivity index (χ2v) is 22.8. The summed E-state index contributed by atoms with van der Waals surface area (Å²) < 4.78 is 79.0. The first kappa shape index (κ1) is 58.4. The molecular formula is C49H64Cl4N8O10S2. The van der Waals surface area contributed by atoms with Crippen LogP contribution in [-0.2, 0) is 52.1 Å². The minimum absolute atomic E-state index is 0.00745. The Bertz CT molecular complexity index is 2690. The van der Waals surface area contributed by atoms with E-state index in [1.807, 2.05) is 44.4 Å². The van der Waals surface area contributed by atoms with Crippen LogP contribution < -0.4 is 30.7 Å². The number of unbranched alkanes of at least 4 members (excludes halogenated alkanes) is 1. The molecule has 4 amide bonds. The van der Waals surface area contributed by atoms with E-state index in [0.717, 1.165) is 39.9 Å². The number of rotatable bonds is 28. The number of hydrogen-bond donors (Lipinski definition) is 6. The largest absolute Gasteiger partial charge is 0.378 e. The van der Waals surface area contributed by atoms with Crippen LogP contribution in [-0.4, -0.2) is 152 Å². The summed E-state index contributed by atoms with van der Waals surface area (Å²) in [5.41, 5.74) is 5.85. The number of sulfonamides is 2. The number of nitrogens with one attached hydrogen (secondary N) is 6. The van der Waals surface area contributed by atoms with Gasteiger partial charge in [0.15, 0.2) is 0 Å². The van der Waals surface area contributed by atoms with Gasteiger partial charge in [0, 0.05) is 97.4 Å². The van der Waals surface area contributed by atoms with Crippen molar-refractivity contribution in [3.05, 3.63) is 126 Å². The maximum atomic E-state index is 13.1. The molecule has 18 nitrogen and oxygen atoms in total. The van der Waals surface area contributed by atoms with E-state index in [1.165, 1.54) is 0 Å². The lowest BCUT2D eigenvalue weighted by Gasteiger charge is -2.33. The summed E-state index contributed by atoms with van der Waals surface area (Å²) in [5, 5.41) is 13.2. The van der Waals surface area contributed by atoms with Gasteiger partial charge in [0.1, 0.15) is 6.79 Å². The van der Waals surface area contributed by atoms with Crippen molar-refractivity contribution in [3.63, 3.8) is 0 Å². The minimum atomic E-state index is -3.79. The fourth-order valence-corrected chi connectivity index (χ4v) is 11.7. The van der Waals surface area contributed by atoms with Crippen molar-refractivity contribution in [1.29, 1.82) is 0 Å². The maximum Gasteiger partial charge on any atom is 0.314 e. The highest BCUT2D eigenvalue weighted by Gasteiger charge is 2.29. The first-order valence-electron chi connectivity index (χ1n) is 23.9. The molecule has 0 fully saturated rings. The molecule has 24 heteroatoms. The number of benzene rings is 4. The van der Waals surface area contributed by atoms with Crippen LogP contribution in [0.25, 0.3) is 0 Å². The highest BCUT2D eigenvalue weighted by molar-refractivity contribution is 7.89. The van der Waals surface area contributed by atoms with Gasteiger partial charge in [0.2, 0.25) is 20.0 Å². The molecule has 6 N–H and O–H groups in total. The molecule has 4 aromatic rings. The van der Waals surface area contributed by atoms with Crippen LogP contribution in [0, 0.1) is 0 Å². The van der Waals surface area contributed by atoms with Gasteiger partial charge >= 0.3 is 12.1 Å². The molecule has 0 aromatic heterocycles. The number of fused-ring (bicyclic) bond motifs is 2. The third kappa shape index (κ3) is 18.2. The summed E-state index contributed by atoms with van der Waals surface area (Å²) in [6.07, 6.45) is 1.29. The first-order chi connectivity index (χ1) is 35.0. The summed E-state index contributed by atoms with van der Waals surface area (Å²) in [7, 11) is -3.55. The monoisotopic (exact) mass is 1130 g/mol. The Morgan fingerprint density at radius 1 is 0.534 bits per heavy atom. The average molecular weight is 1130 g/mol. The standard InChI is InChI=1S/C49H64Cl4N8O10S2/c1-60-29-42(40-25-36(50)27-46(52)44(40)31-60)34-8-10-38(11-9-34)72(64,65)58-17-21-71-33-70-19-15-57-49(63)55-13-4-3-12-54-48(62)56-14-18-68-22-23-69-20-16-59-73(66,67)39-7-5-6-35(24-39)43-30-61(2)32-45-41(43)26-37(51)28-47(45)53/h5-11,24-28,42-43,58-59H,3-4,12-23,29-33H2,1-2H3,(H2,54,56,62)(H2,55,57,63)/t42-,43-/m0/s1. The number of likely N-dealkylation sites (N-methyl/N-ethyl adjacent to an activating group) is 2. The maximum absolute atomic E-state index is 13.1. The molecule has 0 aliphatic carbocycles. The van der Waals surface area contributed by atoms with Gasteiger partial charge in [-0.2, -0.15) is 0 Å². The average Bonchev–Trinajstić information content (AvgIpc) is 3.35. The molecule has 6 rings (SSSR count). The van der Waals surface area contributed by atoms with Crippen LogP contribution in [0.4, 0.5) is 9.59 Å². The normalized spacial score (nSPS) is 16.1. The summed E-state index contributed by atoms with van der Waals surface area (Å²) in [4.78, 5) is 28.8. The highest BCUT2D eigenvalue weighted by atomic mass is 35.5. The van der Waals surface area contributed by atoms with E-state index in [0.29, 0.717) is 65.7 Å². The van der Waals surface area contributed by atoms with E-state index in [-0.39, 0.29) is 106 Å². The van der Waals surface area contributed by atoms with E-state index < -0.39 is 20.0 Å². The van der Waals surface area contributed by atoms with Gasteiger partial charge in [-0.25, -0.2) is 35.9 Å². The lowest BCUT2D eigenvalue weighted by molar-refractivity contribution is -0.0498. The smallest absolute Gasteiger partial charge is 0.314 e. The van der Waals surface area contributed by atoms with Crippen molar-refractivity contribution < 1.29 is 45.4 Å². The molecule has 0 unspecified atom stereocenters. The van der Waals surface area contributed by atoms with Crippen LogP contribution >= 0.6 is 46.4 Å². The molecule has 0 bridgehead atoms. The summed E-state index contributed by atoms with van der Waals surface area (Å²) in [5.74, 6) is -0.103. The Kier molecular flexibility index (Phi) is 23.1. The Labute approximate surface area is 448 Å². The zero-order valence-corrected chi connectivity index (χ0v) is 45.5. The van der Waals surface area contributed by atoms with Crippen molar-refractivity contribution in [2.45, 2.75) is 47.6 Å². The zero-order chi connectivity index (χ0) is 52.4. The number of halogens is 4. The zero-order valence-electron chi connectivity index (χ0n) is 40.8. The number of urea groups is 2. The molecule has 2 heterocycles. The summed E-state index contributed by atoms with van der Waals surface area (Å²) in [6, 6.07) is 20.3. The lowest BCUT2D eigenvalue weighted by Crippen LogP contribution is -2.39. The predicted molar refractivity (Wildman–Crippen MR) is 283 cm³/mol. The molecule has 73 heavy (non-hydrogen) atoms. The molecule has 4 aromatic carbocycles. The Morgan fingerprint density at radius 3 is 1.52 bits per heavy atom. The Hall–Kier alpha value is -3.84. The van der Waals surface area contributed by atoms with Gasteiger partial charge in [-0.3, -0.25) is 0 Å². The first-order valence-corrected chi connectivity index (χ1v) is 28.3. The fourth-order valence-electron chi connectivity index (χ4n) is 8.45. The van der Waals surface area contributed by atoms with Crippen LogP contribution in [0.5, 0.6) is 0 Å².